The quantitative estimate of drug-likeness (QED) is 0.757. The molecule has 0 bridgehead atoms. The van der Waals surface area contributed by atoms with Crippen LogP contribution in [0.25, 0.3) is 0 Å². The molecule has 0 saturated carbocycles. The molecule has 3 rings (SSSR count). The lowest BCUT2D eigenvalue weighted by atomic mass is 9.79. The maximum atomic E-state index is 5.37. The molecule has 1 aromatic carbocycles. The summed E-state index contributed by atoms with van der Waals surface area (Å²) in [5.74, 6) is 1.69. The normalized spacial score (nSPS) is 26.5. The van der Waals surface area contributed by atoms with Crippen LogP contribution in [0.4, 0.5) is 0 Å². The highest BCUT2D eigenvalue weighted by molar-refractivity contribution is 5.41. The summed E-state index contributed by atoms with van der Waals surface area (Å²) in [5, 5.41) is 0. The summed E-state index contributed by atoms with van der Waals surface area (Å²) in [5.41, 5.74) is 3.05. The summed E-state index contributed by atoms with van der Waals surface area (Å²) in [6.07, 6.45) is 5.80. The Bertz CT molecular complexity index is 454. The molecule has 1 heterocycles. The van der Waals surface area contributed by atoms with Crippen molar-refractivity contribution in [3.05, 3.63) is 42.0 Å². The molecule has 1 fully saturated rings. The van der Waals surface area contributed by atoms with E-state index in [0.29, 0.717) is 12.0 Å². The Kier molecular flexibility index (Phi) is 3.13. The van der Waals surface area contributed by atoms with Gasteiger partial charge >= 0.3 is 0 Å². The van der Waals surface area contributed by atoms with E-state index in [1.807, 2.05) is 6.08 Å². The van der Waals surface area contributed by atoms with Gasteiger partial charge in [-0.05, 0) is 49.1 Å². The molecule has 0 amide bonds. The Morgan fingerprint density at radius 3 is 3.11 bits per heavy atom. The zero-order valence-electron chi connectivity index (χ0n) is 11.1. The predicted octanol–water partition coefficient (Wildman–Crippen LogP) is 2.99. The fourth-order valence-electron chi connectivity index (χ4n) is 3.63. The number of ether oxygens (including phenoxy) is 1. The van der Waals surface area contributed by atoms with Crippen molar-refractivity contribution in [3.8, 4) is 5.75 Å². The fraction of sp³-hybridized carbons (Fsp3) is 0.500. The van der Waals surface area contributed by atoms with Gasteiger partial charge in [-0.3, -0.25) is 4.90 Å². The van der Waals surface area contributed by atoms with Gasteiger partial charge in [0, 0.05) is 18.5 Å². The Balaban J connectivity index is 1.91. The average Bonchev–Trinajstić information content (AvgIpc) is 2.82. The van der Waals surface area contributed by atoms with Gasteiger partial charge in [0.25, 0.3) is 0 Å². The van der Waals surface area contributed by atoms with Gasteiger partial charge in [0.05, 0.1) is 7.11 Å². The maximum Gasteiger partial charge on any atom is 0.119 e. The summed E-state index contributed by atoms with van der Waals surface area (Å²) < 4.78 is 5.37. The smallest absolute Gasteiger partial charge is 0.119 e. The van der Waals surface area contributed by atoms with Gasteiger partial charge in [-0.25, -0.2) is 0 Å². The third kappa shape index (κ3) is 1.85. The Morgan fingerprint density at radius 1 is 1.44 bits per heavy atom. The number of hydrogen-bond donors (Lipinski definition) is 0. The van der Waals surface area contributed by atoms with E-state index >= 15 is 0 Å². The number of fused-ring (bicyclic) bond motifs is 3. The van der Waals surface area contributed by atoms with Crippen molar-refractivity contribution in [2.75, 3.05) is 20.2 Å². The molecule has 1 aliphatic heterocycles. The van der Waals surface area contributed by atoms with Crippen LogP contribution >= 0.6 is 0 Å². The highest BCUT2D eigenvalue weighted by atomic mass is 16.5. The van der Waals surface area contributed by atoms with Gasteiger partial charge in [0.15, 0.2) is 0 Å². The SMILES string of the molecule is C=CCN1CC[C@@H]2c3cc(OC)ccc3CC[C@@H]21. The maximum absolute atomic E-state index is 5.37. The number of nitrogens with zero attached hydrogens (tertiary/aromatic N) is 1. The molecule has 2 atom stereocenters. The molecule has 1 aliphatic carbocycles. The number of rotatable bonds is 3. The van der Waals surface area contributed by atoms with Crippen molar-refractivity contribution in [1.82, 2.24) is 4.90 Å². The summed E-state index contributed by atoms with van der Waals surface area (Å²) in [6.45, 7) is 6.11. The van der Waals surface area contributed by atoms with Crippen LogP contribution in [0.5, 0.6) is 5.75 Å². The zero-order valence-corrected chi connectivity index (χ0v) is 11.1. The summed E-state index contributed by atoms with van der Waals surface area (Å²) in [7, 11) is 1.75. The molecule has 1 saturated heterocycles. The van der Waals surface area contributed by atoms with Crippen LogP contribution in [-0.4, -0.2) is 31.1 Å². The number of methoxy groups -OCH3 is 1. The highest BCUT2D eigenvalue weighted by Gasteiger charge is 2.37. The second-order valence-corrected chi connectivity index (χ2v) is 5.35. The summed E-state index contributed by atoms with van der Waals surface area (Å²) >= 11 is 0. The Morgan fingerprint density at radius 2 is 2.33 bits per heavy atom. The van der Waals surface area contributed by atoms with Gasteiger partial charge in [0.1, 0.15) is 5.75 Å². The van der Waals surface area contributed by atoms with Crippen molar-refractivity contribution in [2.24, 2.45) is 0 Å². The van der Waals surface area contributed by atoms with Crippen molar-refractivity contribution < 1.29 is 4.74 Å². The molecular weight excluding hydrogens is 222 g/mol. The van der Waals surface area contributed by atoms with Crippen molar-refractivity contribution in [1.29, 1.82) is 0 Å². The number of likely N-dealkylation sites (tertiary alicyclic amines) is 1. The minimum Gasteiger partial charge on any atom is -0.497 e. The monoisotopic (exact) mass is 243 g/mol. The summed E-state index contributed by atoms with van der Waals surface area (Å²) in [6, 6.07) is 7.31. The van der Waals surface area contributed by atoms with Crippen LogP contribution in [0.3, 0.4) is 0 Å². The third-order valence-corrected chi connectivity index (χ3v) is 4.49. The van der Waals surface area contributed by atoms with E-state index in [1.165, 1.54) is 36.9 Å². The number of benzene rings is 1. The topological polar surface area (TPSA) is 12.5 Å². The molecule has 96 valence electrons. The first-order chi connectivity index (χ1) is 8.83. The molecule has 0 N–H and O–H groups in total. The van der Waals surface area contributed by atoms with Gasteiger partial charge < -0.3 is 4.74 Å². The molecule has 2 heteroatoms. The van der Waals surface area contributed by atoms with Gasteiger partial charge in [-0.2, -0.15) is 0 Å². The van der Waals surface area contributed by atoms with Crippen LogP contribution < -0.4 is 4.74 Å². The van der Waals surface area contributed by atoms with E-state index < -0.39 is 0 Å². The van der Waals surface area contributed by atoms with Crippen LogP contribution in [0.1, 0.15) is 29.9 Å². The van der Waals surface area contributed by atoms with Crippen molar-refractivity contribution in [2.45, 2.75) is 31.2 Å². The van der Waals surface area contributed by atoms with Crippen molar-refractivity contribution >= 4 is 0 Å². The van der Waals surface area contributed by atoms with E-state index in [4.69, 9.17) is 4.74 Å². The molecular formula is C16H21NO. The van der Waals surface area contributed by atoms with E-state index in [1.54, 1.807) is 7.11 Å². The van der Waals surface area contributed by atoms with E-state index in [0.717, 1.165) is 12.3 Å². The minimum absolute atomic E-state index is 0.698. The van der Waals surface area contributed by atoms with Crippen LogP contribution in [0.15, 0.2) is 30.9 Å². The lowest BCUT2D eigenvalue weighted by molar-refractivity contribution is 0.249. The van der Waals surface area contributed by atoms with Gasteiger partial charge in [-0.15, -0.1) is 6.58 Å². The first-order valence-electron chi connectivity index (χ1n) is 6.85. The van der Waals surface area contributed by atoms with E-state index in [2.05, 4.69) is 29.7 Å². The minimum atomic E-state index is 0.698. The Labute approximate surface area is 109 Å². The number of hydrogen-bond acceptors (Lipinski definition) is 2. The fourth-order valence-corrected chi connectivity index (χ4v) is 3.63. The van der Waals surface area contributed by atoms with E-state index in [-0.39, 0.29) is 0 Å². The Hall–Kier alpha value is -1.28. The predicted molar refractivity (Wildman–Crippen MR) is 74.2 cm³/mol. The van der Waals surface area contributed by atoms with Crippen LogP contribution in [0, 0.1) is 0 Å². The molecule has 1 aromatic rings. The molecule has 18 heavy (non-hydrogen) atoms. The zero-order chi connectivity index (χ0) is 12.5. The highest BCUT2D eigenvalue weighted by Crippen LogP contribution is 2.42. The molecule has 0 aromatic heterocycles. The van der Waals surface area contributed by atoms with E-state index in [9.17, 15) is 0 Å². The van der Waals surface area contributed by atoms with Gasteiger partial charge in [-0.1, -0.05) is 12.1 Å². The molecule has 0 unspecified atom stereocenters. The molecule has 0 spiro atoms. The molecule has 2 nitrogen and oxygen atoms in total. The van der Waals surface area contributed by atoms with Crippen molar-refractivity contribution in [3.63, 3.8) is 0 Å². The van der Waals surface area contributed by atoms with Gasteiger partial charge in [0.2, 0.25) is 0 Å². The summed E-state index contributed by atoms with van der Waals surface area (Å²) in [4.78, 5) is 2.58. The molecule has 0 radical (unpaired) electrons. The lowest BCUT2D eigenvalue weighted by Gasteiger charge is -2.33. The molecule has 2 aliphatic rings. The standard InChI is InChI=1S/C16H21NO/c1-3-9-17-10-8-14-15-11-13(18-2)6-4-12(15)5-7-16(14)17/h3-4,6,11,14,16H,1,5,7-10H2,2H3/t14-,16+/m1/s1. The second-order valence-electron chi connectivity index (χ2n) is 5.35. The average molecular weight is 243 g/mol. The number of aryl methyl sites for hydroxylation is 1. The van der Waals surface area contributed by atoms with Crippen LogP contribution in [0.2, 0.25) is 0 Å². The second kappa shape index (κ2) is 4.77. The third-order valence-electron chi connectivity index (χ3n) is 4.49. The van der Waals surface area contributed by atoms with Crippen LogP contribution in [-0.2, 0) is 6.42 Å². The largest absolute Gasteiger partial charge is 0.497 e. The first-order valence-corrected chi connectivity index (χ1v) is 6.85. The lowest BCUT2D eigenvalue weighted by Crippen LogP contribution is -2.35. The first kappa shape index (κ1) is 11.8.